The van der Waals surface area contributed by atoms with Gasteiger partial charge in [-0.2, -0.15) is 5.06 Å². The molecule has 6 N–H and O–H groups in total. The lowest BCUT2D eigenvalue weighted by atomic mass is 10.3. The van der Waals surface area contributed by atoms with Crippen molar-refractivity contribution < 1.29 is 54.3 Å². The zero-order chi connectivity index (χ0) is 26.1. The van der Waals surface area contributed by atoms with Gasteiger partial charge in [-0.05, 0) is 0 Å². The molecule has 196 valence electrons. The fourth-order valence-corrected chi connectivity index (χ4v) is 2.72. The summed E-state index contributed by atoms with van der Waals surface area (Å²) in [5.41, 5.74) is 0. The summed E-state index contributed by atoms with van der Waals surface area (Å²) >= 11 is 0. The summed E-state index contributed by atoms with van der Waals surface area (Å²) in [6, 6.07) is 0. The van der Waals surface area contributed by atoms with Crippen molar-refractivity contribution in [3.8, 4) is 0 Å². The van der Waals surface area contributed by atoms with E-state index >= 15 is 0 Å². The van der Waals surface area contributed by atoms with Crippen molar-refractivity contribution in [2.75, 3.05) is 85.8 Å². The number of amides is 1. The first-order valence-corrected chi connectivity index (χ1v) is 10.2. The van der Waals surface area contributed by atoms with E-state index in [9.17, 15) is 24.0 Å². The first-order valence-electron chi connectivity index (χ1n) is 10.2. The molecule has 0 aromatic rings. The minimum Gasteiger partial charge on any atom is -0.480 e. The third-order valence-electron chi connectivity index (χ3n) is 4.20. The molecule has 0 fully saturated rings. The monoisotopic (exact) mass is 495 g/mol. The third kappa shape index (κ3) is 17.6. The lowest BCUT2D eigenvalue weighted by Gasteiger charge is -2.28. The topological polar surface area (TPSA) is 221 Å². The highest BCUT2D eigenvalue weighted by Gasteiger charge is 2.19. The van der Waals surface area contributed by atoms with Crippen molar-refractivity contribution >= 4 is 29.8 Å². The molecule has 1 amide bonds. The average molecular weight is 495 g/mol. The number of carboxylic acid groups (broad SMARTS) is 4. The molecule has 0 saturated heterocycles. The lowest BCUT2D eigenvalue weighted by Crippen LogP contribution is -2.47. The van der Waals surface area contributed by atoms with Gasteiger partial charge < -0.3 is 30.8 Å². The smallest absolute Gasteiger partial charge is 0.317 e. The van der Waals surface area contributed by atoms with E-state index in [0.29, 0.717) is 0 Å². The van der Waals surface area contributed by atoms with E-state index in [1.54, 1.807) is 0 Å². The molecule has 0 atom stereocenters. The maximum atomic E-state index is 12.3. The molecular weight excluding hydrogens is 462 g/mol. The summed E-state index contributed by atoms with van der Waals surface area (Å²) < 4.78 is 0. The van der Waals surface area contributed by atoms with Crippen LogP contribution in [-0.2, 0) is 28.8 Å². The van der Waals surface area contributed by atoms with Gasteiger partial charge in [0.25, 0.3) is 0 Å². The van der Waals surface area contributed by atoms with Crippen LogP contribution in [0.2, 0.25) is 0 Å². The highest BCUT2D eigenvalue weighted by molar-refractivity contribution is 5.78. The highest BCUT2D eigenvalue weighted by Crippen LogP contribution is 1.97. The van der Waals surface area contributed by atoms with E-state index in [0.717, 1.165) is 14.9 Å². The van der Waals surface area contributed by atoms with Gasteiger partial charge in [0.1, 0.15) is 6.73 Å². The fourth-order valence-electron chi connectivity index (χ4n) is 2.72. The normalized spacial score (nSPS) is 11.4. The predicted octanol–water partition coefficient (Wildman–Crippen LogP) is -3.84. The van der Waals surface area contributed by atoms with Crippen LogP contribution in [0.3, 0.4) is 0 Å². The molecule has 0 aromatic carbocycles. The minimum absolute atomic E-state index is 0.0197. The van der Waals surface area contributed by atoms with Gasteiger partial charge in [0.15, 0.2) is 0 Å². The minimum atomic E-state index is -1.23. The predicted molar refractivity (Wildman–Crippen MR) is 114 cm³/mol. The molecule has 16 heteroatoms. The third-order valence-corrected chi connectivity index (χ3v) is 4.20. The van der Waals surface area contributed by atoms with Crippen molar-refractivity contribution in [3.05, 3.63) is 0 Å². The summed E-state index contributed by atoms with van der Waals surface area (Å²) in [6.45, 7) is -2.40. The Hall–Kier alpha value is -2.89. The summed E-state index contributed by atoms with van der Waals surface area (Å²) in [7, 11) is 1.49. The number of aliphatic carboxylic acids is 4. The van der Waals surface area contributed by atoms with Crippen LogP contribution in [0, 0.1) is 0 Å². The van der Waals surface area contributed by atoms with Crippen LogP contribution in [-0.4, -0.2) is 161 Å². The maximum absolute atomic E-state index is 12.3. The Labute approximate surface area is 195 Å². The molecule has 0 aliphatic carbocycles. The Morgan fingerprint density at radius 1 is 0.676 bits per heavy atom. The Kier molecular flexibility index (Phi) is 16.1. The summed E-state index contributed by atoms with van der Waals surface area (Å²) in [6.07, 6.45) is 0. The molecule has 34 heavy (non-hydrogen) atoms. The van der Waals surface area contributed by atoms with Gasteiger partial charge in [-0.1, -0.05) is 0 Å². The lowest BCUT2D eigenvalue weighted by molar-refractivity contribution is -0.177. The highest BCUT2D eigenvalue weighted by atomic mass is 16.7. The van der Waals surface area contributed by atoms with Crippen LogP contribution >= 0.6 is 0 Å². The maximum Gasteiger partial charge on any atom is 0.317 e. The molecule has 0 aliphatic rings. The van der Waals surface area contributed by atoms with Gasteiger partial charge in [0.2, 0.25) is 5.91 Å². The van der Waals surface area contributed by atoms with Gasteiger partial charge in [0.05, 0.1) is 39.3 Å². The van der Waals surface area contributed by atoms with E-state index in [1.807, 2.05) is 0 Å². The second kappa shape index (κ2) is 17.6. The standard InChI is InChI=1S/C18H33N5O11/c1-20(13-24)34-7-2-19-14(25)8-21(3-5-22(9-15(26)27)10-16(28)29)4-6-23(11-17(30)31)12-18(32)33/h24H,2-13H2,1H3,(H,19,25)(H,26,27)(H,28,29)(H,30,31)(H,32,33). The number of carboxylic acids is 4. The van der Waals surface area contributed by atoms with E-state index in [1.165, 1.54) is 11.9 Å². The number of aliphatic hydroxyl groups is 1. The van der Waals surface area contributed by atoms with Crippen molar-refractivity contribution in [1.29, 1.82) is 0 Å². The Bertz CT molecular complexity index is 607. The van der Waals surface area contributed by atoms with Crippen LogP contribution in [0.4, 0.5) is 0 Å². The quantitative estimate of drug-likeness (QED) is 0.0510. The van der Waals surface area contributed by atoms with E-state index in [-0.39, 0.29) is 52.6 Å². The summed E-state index contributed by atoms with van der Waals surface area (Å²) in [4.78, 5) is 65.2. The van der Waals surface area contributed by atoms with Crippen LogP contribution in [0.1, 0.15) is 0 Å². The number of hydrogen-bond donors (Lipinski definition) is 6. The molecule has 0 saturated carbocycles. The summed E-state index contributed by atoms with van der Waals surface area (Å²) in [5, 5.41) is 48.4. The first-order chi connectivity index (χ1) is 15.9. The van der Waals surface area contributed by atoms with Crippen molar-refractivity contribution in [2.24, 2.45) is 0 Å². The van der Waals surface area contributed by atoms with Crippen LogP contribution in [0.25, 0.3) is 0 Å². The first kappa shape index (κ1) is 31.1. The Morgan fingerprint density at radius 2 is 1.06 bits per heavy atom. The molecular formula is C18H33N5O11. The SMILES string of the molecule is CN(CO)OCCNC(=O)CN(CCN(CC(=O)O)CC(=O)O)CCN(CC(=O)O)CC(=O)O. The van der Waals surface area contributed by atoms with E-state index < -0.39 is 56.0 Å². The summed E-state index contributed by atoms with van der Waals surface area (Å²) in [5.74, 6) is -5.36. The molecule has 0 unspecified atom stereocenters. The van der Waals surface area contributed by atoms with Crippen LogP contribution < -0.4 is 5.32 Å². The Balaban J connectivity index is 5.07. The average Bonchev–Trinajstić information content (AvgIpc) is 2.70. The number of nitrogens with one attached hydrogen (secondary N) is 1. The second-order valence-electron chi connectivity index (χ2n) is 7.22. The van der Waals surface area contributed by atoms with Gasteiger partial charge in [-0.3, -0.25) is 43.5 Å². The van der Waals surface area contributed by atoms with Crippen molar-refractivity contribution in [3.63, 3.8) is 0 Å². The number of carbonyl (C=O) groups excluding carboxylic acids is 1. The fraction of sp³-hybridized carbons (Fsp3) is 0.722. The molecule has 0 radical (unpaired) electrons. The molecule has 16 nitrogen and oxygen atoms in total. The molecule has 0 aromatic heterocycles. The molecule has 0 aliphatic heterocycles. The zero-order valence-electron chi connectivity index (χ0n) is 19.0. The zero-order valence-corrected chi connectivity index (χ0v) is 19.0. The Morgan fingerprint density at radius 3 is 1.41 bits per heavy atom. The van der Waals surface area contributed by atoms with E-state index in [4.69, 9.17) is 30.4 Å². The number of hydrogen-bond acceptors (Lipinski definition) is 11. The molecule has 0 rings (SSSR count). The number of aliphatic hydroxyl groups excluding tert-OH is 1. The number of rotatable bonds is 21. The van der Waals surface area contributed by atoms with Gasteiger partial charge in [-0.25, -0.2) is 0 Å². The van der Waals surface area contributed by atoms with Crippen LogP contribution in [0.5, 0.6) is 0 Å². The van der Waals surface area contributed by atoms with Crippen molar-refractivity contribution in [1.82, 2.24) is 25.1 Å². The van der Waals surface area contributed by atoms with Gasteiger partial charge >= 0.3 is 23.9 Å². The van der Waals surface area contributed by atoms with E-state index in [2.05, 4.69) is 5.32 Å². The molecule has 0 spiro atoms. The van der Waals surface area contributed by atoms with Gasteiger partial charge in [-0.15, -0.1) is 0 Å². The second-order valence-corrected chi connectivity index (χ2v) is 7.22. The largest absolute Gasteiger partial charge is 0.480 e. The molecule has 0 heterocycles. The van der Waals surface area contributed by atoms with Crippen molar-refractivity contribution in [2.45, 2.75) is 0 Å². The van der Waals surface area contributed by atoms with Crippen LogP contribution in [0.15, 0.2) is 0 Å². The number of hydroxylamine groups is 2. The molecule has 0 bridgehead atoms. The number of carbonyl (C=O) groups is 5. The van der Waals surface area contributed by atoms with Gasteiger partial charge in [0, 0.05) is 39.8 Å². The number of nitrogens with zero attached hydrogens (tertiary/aromatic N) is 4.